The molecule has 0 aliphatic rings. The second-order valence-electron chi connectivity index (χ2n) is 18.3. The fourth-order valence-electron chi connectivity index (χ4n) is 10.5. The van der Waals surface area contributed by atoms with Gasteiger partial charge in [-0.25, -0.2) is 30.3 Å². The maximum absolute atomic E-state index is 9.51. The summed E-state index contributed by atoms with van der Waals surface area (Å²) >= 11 is 5.26. The maximum atomic E-state index is 9.51. The van der Waals surface area contributed by atoms with E-state index in [1.54, 1.807) is 52.2 Å². The van der Waals surface area contributed by atoms with Gasteiger partial charge in [0.1, 0.15) is 0 Å². The molecule has 0 bridgehead atoms. The Morgan fingerprint density at radius 3 is 0.859 bits per heavy atom. The third-order valence-corrected chi connectivity index (χ3v) is 17.4. The van der Waals surface area contributed by atoms with E-state index in [1.165, 1.54) is 0 Å². The number of nitriles is 3. The molecule has 0 N–H and O–H groups in total. The summed E-state index contributed by atoms with van der Waals surface area (Å²) < 4.78 is 10.7. The van der Waals surface area contributed by atoms with Crippen molar-refractivity contribution in [2.75, 3.05) is 0 Å². The Morgan fingerprint density at radius 1 is 0.372 bits per heavy atom. The van der Waals surface area contributed by atoms with E-state index in [0.717, 1.165) is 128 Å². The van der Waals surface area contributed by atoms with E-state index in [9.17, 15) is 15.8 Å². The van der Waals surface area contributed by atoms with Crippen molar-refractivity contribution < 1.29 is 0 Å². The number of fused-ring (bicyclic) bond motifs is 12. The molecule has 9 nitrogen and oxygen atoms in total. The highest BCUT2D eigenvalue weighted by molar-refractivity contribution is 7.25. The molecule has 6 heterocycles. The lowest BCUT2D eigenvalue weighted by Gasteiger charge is -2.14. The van der Waals surface area contributed by atoms with Gasteiger partial charge < -0.3 is 13.7 Å². The Balaban J connectivity index is 1.20. The lowest BCUT2D eigenvalue weighted by molar-refractivity contribution is 1.17. The second kappa shape index (κ2) is 19.2. The lowest BCUT2D eigenvalue weighted by atomic mass is 10.1. The van der Waals surface area contributed by atoms with Crippen LogP contribution in [0.2, 0.25) is 0 Å². The number of allylic oxidation sites excluding steroid dienone is 3. The van der Waals surface area contributed by atoms with Crippen molar-refractivity contribution in [2.45, 2.75) is 0 Å². The molecule has 12 heteroatoms. The van der Waals surface area contributed by atoms with Crippen LogP contribution in [0, 0.1) is 53.7 Å². The Kier molecular flexibility index (Phi) is 11.5. The van der Waals surface area contributed by atoms with Crippen LogP contribution >= 0.6 is 34.0 Å². The molecule has 0 saturated heterocycles. The van der Waals surface area contributed by atoms with Gasteiger partial charge in [-0.1, -0.05) is 127 Å². The molecule has 0 aliphatic carbocycles. The van der Waals surface area contributed by atoms with Crippen LogP contribution in [0.25, 0.3) is 145 Å². The van der Waals surface area contributed by atoms with Gasteiger partial charge >= 0.3 is 0 Å². The third-order valence-electron chi connectivity index (χ3n) is 13.9. The van der Waals surface area contributed by atoms with Gasteiger partial charge in [-0.3, -0.25) is 0 Å². The van der Waals surface area contributed by atoms with Crippen LogP contribution in [-0.4, -0.2) is 13.7 Å². The Bertz CT molecular complexity index is 4400. The van der Waals surface area contributed by atoms with E-state index in [2.05, 4.69) is 156 Å². The highest BCUT2D eigenvalue weighted by atomic mass is 32.1. The number of thiophene rings is 3. The van der Waals surface area contributed by atoms with E-state index in [4.69, 9.17) is 19.7 Å². The SMILES string of the molecule is [C-]#[N+]/C(C#N)=C\c1ccc(-c2cc3c(s2)c2c(c4c5sc(-c6ccc(/C=C(/C#N)[N+]#[C-])cc6)cc5n(-c5ccccc5)c4c4c5sc(-c6ccc(/C=C(\C#N)[N+]#[C-])cc6)cc5n(-c5ccccc5)c24)n3-c2ccccc2)cc1. The molecule has 0 atom stereocenters. The van der Waals surface area contributed by atoms with Crippen molar-refractivity contribution in [3.8, 4) is 66.6 Å². The molecule has 360 valence electrons. The van der Waals surface area contributed by atoms with Crippen LogP contribution in [0.15, 0.2) is 199 Å². The summed E-state index contributed by atoms with van der Waals surface area (Å²) in [6.07, 6.45) is 4.83. The molecule has 0 unspecified atom stereocenters. The predicted molar refractivity (Wildman–Crippen MR) is 320 cm³/mol. The van der Waals surface area contributed by atoms with Crippen LogP contribution < -0.4 is 0 Å². The predicted octanol–water partition coefficient (Wildman–Crippen LogP) is 18.5. The summed E-state index contributed by atoms with van der Waals surface area (Å²) in [4.78, 5) is 13.3. The number of hydrogen-bond donors (Lipinski definition) is 0. The van der Waals surface area contributed by atoms with Crippen molar-refractivity contribution in [2.24, 2.45) is 0 Å². The largest absolute Gasteiger partial charge is 0.308 e. The zero-order valence-corrected chi connectivity index (χ0v) is 43.3. The van der Waals surface area contributed by atoms with E-state index in [0.29, 0.717) is 0 Å². The van der Waals surface area contributed by atoms with Crippen molar-refractivity contribution in [3.63, 3.8) is 0 Å². The molecular weight excluding hydrogens is 1010 g/mol. The first-order valence-corrected chi connectivity index (χ1v) is 26.9. The summed E-state index contributed by atoms with van der Waals surface area (Å²) in [6.45, 7) is 22.3. The molecule has 0 fully saturated rings. The van der Waals surface area contributed by atoms with E-state index in [-0.39, 0.29) is 17.1 Å². The highest BCUT2D eigenvalue weighted by Gasteiger charge is 2.32. The second-order valence-corrected chi connectivity index (χ2v) is 21.4. The van der Waals surface area contributed by atoms with Gasteiger partial charge in [0.15, 0.2) is 0 Å². The molecule has 0 aliphatic heterocycles. The lowest BCUT2D eigenvalue weighted by Crippen LogP contribution is -1.98. The zero-order valence-electron chi connectivity index (χ0n) is 40.8. The minimum absolute atomic E-state index is 0.0292. The van der Waals surface area contributed by atoms with Crippen molar-refractivity contribution in [3.05, 3.63) is 250 Å². The average Bonchev–Trinajstić information content (AvgIpc) is 3.39. The average molecular weight is 1050 g/mol. The molecule has 7 aromatic carbocycles. The van der Waals surface area contributed by atoms with Crippen LogP contribution in [-0.2, 0) is 0 Å². The zero-order chi connectivity index (χ0) is 53.0. The summed E-state index contributed by atoms with van der Waals surface area (Å²) in [5.41, 5.74) is 14.9. The third kappa shape index (κ3) is 7.67. The first-order chi connectivity index (χ1) is 38.4. The number of nitrogens with zero attached hydrogens (tertiary/aromatic N) is 9. The molecular formula is C66H33N9S3. The van der Waals surface area contributed by atoms with Crippen LogP contribution in [0.1, 0.15) is 16.7 Å². The Hall–Kier alpha value is -10.8. The van der Waals surface area contributed by atoms with Gasteiger partial charge in [-0.2, -0.15) is 0 Å². The van der Waals surface area contributed by atoms with Crippen molar-refractivity contribution in [1.82, 2.24) is 13.7 Å². The normalized spacial score (nSPS) is 12.0. The van der Waals surface area contributed by atoms with Gasteiger partial charge in [0.05, 0.1) is 85.1 Å². The van der Waals surface area contributed by atoms with Crippen LogP contribution in [0.5, 0.6) is 0 Å². The fourth-order valence-corrected chi connectivity index (χ4v) is 14.1. The van der Waals surface area contributed by atoms with Crippen LogP contribution in [0.4, 0.5) is 0 Å². The van der Waals surface area contributed by atoms with Gasteiger partial charge in [0.25, 0.3) is 17.1 Å². The summed E-state index contributed by atoms with van der Waals surface area (Å²) in [6, 6.07) is 68.7. The van der Waals surface area contributed by atoms with Crippen molar-refractivity contribution in [1.29, 1.82) is 15.8 Å². The molecule has 0 saturated carbocycles. The number of para-hydroxylation sites is 3. The Labute approximate surface area is 458 Å². The highest BCUT2D eigenvalue weighted by Crippen LogP contribution is 2.55. The molecule has 13 aromatic rings. The van der Waals surface area contributed by atoms with E-state index < -0.39 is 0 Å². The van der Waals surface area contributed by atoms with E-state index in [1.807, 2.05) is 72.8 Å². The van der Waals surface area contributed by atoms with Gasteiger partial charge in [0, 0.05) is 47.9 Å². The summed E-state index contributed by atoms with van der Waals surface area (Å²) in [5.74, 6) is 0. The van der Waals surface area contributed by atoms with Gasteiger partial charge in [0.2, 0.25) is 0 Å². The minimum Gasteiger partial charge on any atom is -0.308 e. The topological polar surface area (TPSA) is 99.2 Å². The smallest absolute Gasteiger partial charge is 0.262 e. The molecule has 13 rings (SSSR count). The monoisotopic (exact) mass is 1050 g/mol. The van der Waals surface area contributed by atoms with Gasteiger partial charge in [-0.05, 0) is 106 Å². The van der Waals surface area contributed by atoms with Crippen molar-refractivity contribution >= 4 is 116 Å². The van der Waals surface area contributed by atoms with Crippen LogP contribution in [0.3, 0.4) is 0 Å². The summed E-state index contributed by atoms with van der Waals surface area (Å²) in [5, 5.41) is 31.9. The number of benzene rings is 7. The first-order valence-electron chi connectivity index (χ1n) is 24.4. The summed E-state index contributed by atoms with van der Waals surface area (Å²) in [7, 11) is 0. The molecule has 0 spiro atoms. The minimum atomic E-state index is 0.0292. The molecule has 78 heavy (non-hydrogen) atoms. The molecule has 0 amide bonds. The quantitative estimate of drug-likeness (QED) is 0.106. The maximum Gasteiger partial charge on any atom is 0.262 e. The molecule has 0 radical (unpaired) electrons. The number of rotatable bonds is 9. The van der Waals surface area contributed by atoms with Gasteiger partial charge in [-0.15, -0.1) is 34.0 Å². The Morgan fingerprint density at radius 2 is 0.628 bits per heavy atom. The molecule has 6 aromatic heterocycles. The van der Waals surface area contributed by atoms with E-state index >= 15 is 0 Å². The first kappa shape index (κ1) is 46.9. The fraction of sp³-hybridized carbons (Fsp3) is 0. The standard InChI is InChI=1S/C66H33N9S3/c1-70-46(37-67)31-40-19-25-43(26-20-40)55-34-52-64(76-55)58-61(73(52)49-13-7-4-8-14-49)59-63(75(51-17-11-6-12-18-51)54-36-57(77-65(54)59)45-29-23-42(24-30-45)33-48(39-69)72-3)60-62(58)74(50-15-9-5-10-16-50)53-35-56(78-66(53)60)44-27-21-41(22-28-44)32-47(38-68)71-2/h4-36H/b46-31-,47-32-,48-33+. The number of aromatic nitrogens is 3. The number of hydrogen-bond acceptors (Lipinski definition) is 6.